The van der Waals surface area contributed by atoms with E-state index >= 15 is 0 Å². The van der Waals surface area contributed by atoms with E-state index in [9.17, 15) is 14.9 Å². The first-order valence-electron chi connectivity index (χ1n) is 9.29. The first-order chi connectivity index (χ1) is 13.3. The summed E-state index contributed by atoms with van der Waals surface area (Å²) in [5.74, 6) is -0.173. The van der Waals surface area contributed by atoms with Crippen LogP contribution in [0.2, 0.25) is 0 Å². The highest BCUT2D eigenvalue weighted by molar-refractivity contribution is 6.06. The summed E-state index contributed by atoms with van der Waals surface area (Å²) in [7, 11) is 0. The number of ether oxygens (including phenoxy) is 1. The molecule has 0 spiro atoms. The Morgan fingerprint density at radius 2 is 2.00 bits per heavy atom. The fourth-order valence-corrected chi connectivity index (χ4v) is 3.34. The van der Waals surface area contributed by atoms with Crippen molar-refractivity contribution in [1.29, 1.82) is 5.26 Å². The molecular weight excluding hydrogens is 356 g/mol. The quantitative estimate of drug-likeness (QED) is 0.798. The van der Waals surface area contributed by atoms with Gasteiger partial charge in [0.1, 0.15) is 5.60 Å². The van der Waals surface area contributed by atoms with Crippen LogP contribution in [0.1, 0.15) is 37.6 Å². The lowest BCUT2D eigenvalue weighted by Crippen LogP contribution is -2.57. The SMILES string of the molecule is CC(C)(C)OC(=O)N1CCN(C(=O)c2cncc3ccccc23)[C@H](CC#N)C1. The van der Waals surface area contributed by atoms with Crippen LogP contribution < -0.4 is 0 Å². The predicted octanol–water partition coefficient (Wildman–Crippen LogP) is 3.21. The molecule has 2 amide bonds. The Morgan fingerprint density at radius 3 is 2.71 bits per heavy atom. The van der Waals surface area contributed by atoms with Crippen molar-refractivity contribution >= 4 is 22.8 Å². The topological polar surface area (TPSA) is 86.5 Å². The molecule has 1 aromatic carbocycles. The van der Waals surface area contributed by atoms with Gasteiger partial charge in [-0.2, -0.15) is 5.26 Å². The van der Waals surface area contributed by atoms with E-state index in [4.69, 9.17) is 4.74 Å². The maximum atomic E-state index is 13.2. The fraction of sp³-hybridized carbons (Fsp3) is 0.429. The lowest BCUT2D eigenvalue weighted by Gasteiger charge is -2.41. The number of aromatic nitrogens is 1. The normalized spacial score (nSPS) is 17.3. The number of benzene rings is 1. The van der Waals surface area contributed by atoms with Crippen LogP contribution in [0.5, 0.6) is 0 Å². The van der Waals surface area contributed by atoms with Gasteiger partial charge in [0.25, 0.3) is 5.91 Å². The predicted molar refractivity (Wildman–Crippen MR) is 105 cm³/mol. The van der Waals surface area contributed by atoms with Gasteiger partial charge in [-0.05, 0) is 26.2 Å². The summed E-state index contributed by atoms with van der Waals surface area (Å²) in [6.45, 7) is 6.40. The first kappa shape index (κ1) is 19.6. The molecular formula is C21H24N4O3. The summed E-state index contributed by atoms with van der Waals surface area (Å²) in [4.78, 5) is 33.1. The third kappa shape index (κ3) is 4.22. The largest absolute Gasteiger partial charge is 0.444 e. The second kappa shape index (κ2) is 7.85. The molecule has 3 rings (SSSR count). The second-order valence-electron chi connectivity index (χ2n) is 7.85. The van der Waals surface area contributed by atoms with Crippen molar-refractivity contribution in [2.75, 3.05) is 19.6 Å². The Bertz CT molecular complexity index is 924. The van der Waals surface area contributed by atoms with Gasteiger partial charge in [-0.15, -0.1) is 0 Å². The number of hydrogen-bond acceptors (Lipinski definition) is 5. The maximum Gasteiger partial charge on any atom is 0.410 e. The first-order valence-corrected chi connectivity index (χ1v) is 9.29. The van der Waals surface area contributed by atoms with Crippen molar-refractivity contribution in [3.63, 3.8) is 0 Å². The highest BCUT2D eigenvalue weighted by atomic mass is 16.6. The Kier molecular flexibility index (Phi) is 5.50. The Hall–Kier alpha value is -3.14. The molecule has 0 N–H and O–H groups in total. The van der Waals surface area contributed by atoms with Gasteiger partial charge < -0.3 is 14.5 Å². The number of nitrogens with zero attached hydrogens (tertiary/aromatic N) is 4. The van der Waals surface area contributed by atoms with Gasteiger partial charge in [-0.3, -0.25) is 9.78 Å². The van der Waals surface area contributed by atoms with E-state index in [1.54, 1.807) is 22.2 Å². The van der Waals surface area contributed by atoms with E-state index in [0.29, 0.717) is 18.7 Å². The molecule has 28 heavy (non-hydrogen) atoms. The van der Waals surface area contributed by atoms with Crippen molar-refractivity contribution in [1.82, 2.24) is 14.8 Å². The molecule has 1 aromatic heterocycles. The van der Waals surface area contributed by atoms with Gasteiger partial charge in [-0.25, -0.2) is 4.79 Å². The number of pyridine rings is 1. The molecule has 0 aliphatic carbocycles. The van der Waals surface area contributed by atoms with Crippen LogP contribution in [0.15, 0.2) is 36.7 Å². The third-order valence-electron chi connectivity index (χ3n) is 4.62. The molecule has 2 aromatic rings. The van der Waals surface area contributed by atoms with Crippen molar-refractivity contribution < 1.29 is 14.3 Å². The molecule has 1 saturated heterocycles. The van der Waals surface area contributed by atoms with Crippen LogP contribution >= 0.6 is 0 Å². The molecule has 0 bridgehead atoms. The highest BCUT2D eigenvalue weighted by Crippen LogP contribution is 2.23. The summed E-state index contributed by atoms with van der Waals surface area (Å²) in [6.07, 6.45) is 3.01. The number of hydrogen-bond donors (Lipinski definition) is 0. The minimum Gasteiger partial charge on any atom is -0.444 e. The number of piperazine rings is 1. The molecule has 146 valence electrons. The standard InChI is InChI=1S/C21H24N4O3/c1-21(2,3)28-20(27)24-10-11-25(16(14-24)8-9-22)19(26)18-13-23-12-15-6-4-5-7-17(15)18/h4-7,12-13,16H,8,10-11,14H2,1-3H3/t16-/m1/s1. The molecule has 1 atom stereocenters. The number of amides is 2. The van der Waals surface area contributed by atoms with Crippen LogP contribution in [-0.4, -0.2) is 58.1 Å². The molecule has 1 aliphatic heterocycles. The number of carbonyl (C=O) groups is 2. The average Bonchev–Trinajstić information content (AvgIpc) is 2.66. The number of nitriles is 1. The smallest absolute Gasteiger partial charge is 0.410 e. The fourth-order valence-electron chi connectivity index (χ4n) is 3.34. The van der Waals surface area contributed by atoms with E-state index in [-0.39, 0.29) is 18.9 Å². The van der Waals surface area contributed by atoms with E-state index in [2.05, 4.69) is 11.1 Å². The summed E-state index contributed by atoms with van der Waals surface area (Å²) in [5, 5.41) is 11.0. The molecule has 0 saturated carbocycles. The van der Waals surface area contributed by atoms with Crippen LogP contribution in [-0.2, 0) is 4.74 Å². The monoisotopic (exact) mass is 380 g/mol. The molecule has 1 fully saturated rings. The van der Waals surface area contributed by atoms with Crippen molar-refractivity contribution in [3.05, 3.63) is 42.2 Å². The average molecular weight is 380 g/mol. The molecule has 0 radical (unpaired) electrons. The molecule has 1 aliphatic rings. The van der Waals surface area contributed by atoms with Gasteiger partial charge >= 0.3 is 6.09 Å². The maximum absolute atomic E-state index is 13.2. The zero-order chi connectivity index (χ0) is 20.3. The van der Waals surface area contributed by atoms with E-state index < -0.39 is 17.7 Å². The number of fused-ring (bicyclic) bond motifs is 1. The van der Waals surface area contributed by atoms with Crippen molar-refractivity contribution in [2.24, 2.45) is 0 Å². The summed E-state index contributed by atoms with van der Waals surface area (Å²) in [5.41, 5.74) is -0.0876. The van der Waals surface area contributed by atoms with Crippen molar-refractivity contribution in [2.45, 2.75) is 38.8 Å². The molecule has 2 heterocycles. The highest BCUT2D eigenvalue weighted by Gasteiger charge is 2.35. The van der Waals surface area contributed by atoms with E-state index in [1.165, 1.54) is 0 Å². The molecule has 0 unspecified atom stereocenters. The van der Waals surface area contributed by atoms with Crippen LogP contribution in [0.4, 0.5) is 4.79 Å². The Morgan fingerprint density at radius 1 is 1.25 bits per heavy atom. The van der Waals surface area contributed by atoms with E-state index in [0.717, 1.165) is 10.8 Å². The summed E-state index contributed by atoms with van der Waals surface area (Å²) >= 11 is 0. The zero-order valence-electron chi connectivity index (χ0n) is 16.4. The van der Waals surface area contributed by atoms with Crippen LogP contribution in [0.25, 0.3) is 10.8 Å². The number of rotatable bonds is 2. The van der Waals surface area contributed by atoms with Gasteiger partial charge in [0.15, 0.2) is 0 Å². The molecule has 7 nitrogen and oxygen atoms in total. The van der Waals surface area contributed by atoms with Gasteiger partial charge in [0.05, 0.1) is 24.1 Å². The van der Waals surface area contributed by atoms with Crippen molar-refractivity contribution in [3.8, 4) is 6.07 Å². The van der Waals surface area contributed by atoms with Crippen LogP contribution in [0.3, 0.4) is 0 Å². The van der Waals surface area contributed by atoms with E-state index in [1.807, 2.05) is 45.0 Å². The zero-order valence-corrected chi connectivity index (χ0v) is 16.4. The van der Waals surface area contributed by atoms with Gasteiger partial charge in [-0.1, -0.05) is 24.3 Å². The minimum absolute atomic E-state index is 0.142. The second-order valence-corrected chi connectivity index (χ2v) is 7.85. The Balaban J connectivity index is 1.83. The lowest BCUT2D eigenvalue weighted by molar-refractivity contribution is 0.00484. The van der Waals surface area contributed by atoms with Gasteiger partial charge in [0, 0.05) is 37.4 Å². The molecule has 7 heteroatoms. The third-order valence-corrected chi connectivity index (χ3v) is 4.62. The van der Waals surface area contributed by atoms with Crippen LogP contribution in [0, 0.1) is 11.3 Å². The Labute approximate surface area is 164 Å². The summed E-state index contributed by atoms with van der Waals surface area (Å²) < 4.78 is 5.43. The summed E-state index contributed by atoms with van der Waals surface area (Å²) in [6, 6.07) is 9.32. The van der Waals surface area contributed by atoms with Gasteiger partial charge in [0.2, 0.25) is 0 Å². The number of carbonyl (C=O) groups excluding carboxylic acids is 2. The lowest BCUT2D eigenvalue weighted by atomic mass is 10.0. The minimum atomic E-state index is -0.594.